The number of halogens is 3. The zero-order valence-corrected chi connectivity index (χ0v) is 7.68. The van der Waals surface area contributed by atoms with Gasteiger partial charge in [-0.1, -0.05) is 0 Å². The standard InChI is InChI=1S/C2H4ClNO.C2H6ClN.ClH/c3-2(5)1-4;3-1-2-4;/h1,4H2;1-2,4H2;1H. The molecule has 0 rings (SSSR count). The number of hydrogen-bond donors (Lipinski definition) is 2. The molecule has 0 spiro atoms. The van der Waals surface area contributed by atoms with Crippen LogP contribution in [0.2, 0.25) is 0 Å². The largest absolute Gasteiger partial charge is 0.329 e. The molecule has 0 amide bonds. The highest BCUT2D eigenvalue weighted by Crippen LogP contribution is 1.68. The van der Waals surface area contributed by atoms with Gasteiger partial charge in [-0.15, -0.1) is 24.0 Å². The summed E-state index contributed by atoms with van der Waals surface area (Å²) in [4.78, 5) is 9.45. The second kappa shape index (κ2) is 16.2. The quantitative estimate of drug-likeness (QED) is 0.508. The van der Waals surface area contributed by atoms with E-state index in [9.17, 15) is 4.79 Å². The molecular formula is C4H11Cl3N2O. The van der Waals surface area contributed by atoms with Gasteiger partial charge in [0.15, 0.2) is 0 Å². The molecule has 0 aromatic carbocycles. The Kier molecular flexibility index (Phi) is 27.3. The predicted molar refractivity (Wildman–Crippen MR) is 46.9 cm³/mol. The van der Waals surface area contributed by atoms with Crippen molar-refractivity contribution < 1.29 is 4.79 Å². The molecule has 10 heavy (non-hydrogen) atoms. The van der Waals surface area contributed by atoms with Crippen molar-refractivity contribution in [1.82, 2.24) is 0 Å². The summed E-state index contributed by atoms with van der Waals surface area (Å²) in [6, 6.07) is 0. The van der Waals surface area contributed by atoms with Crippen molar-refractivity contribution in [2.75, 3.05) is 19.0 Å². The van der Waals surface area contributed by atoms with Crippen LogP contribution in [0.1, 0.15) is 0 Å². The third kappa shape index (κ3) is 39.3. The fourth-order valence-corrected chi connectivity index (χ4v) is 0. The molecule has 0 aliphatic carbocycles. The monoisotopic (exact) mass is 208 g/mol. The van der Waals surface area contributed by atoms with Crippen LogP contribution >= 0.6 is 35.6 Å². The minimum Gasteiger partial charge on any atom is -0.329 e. The van der Waals surface area contributed by atoms with Gasteiger partial charge in [-0.2, -0.15) is 0 Å². The zero-order valence-electron chi connectivity index (χ0n) is 5.35. The van der Waals surface area contributed by atoms with E-state index >= 15 is 0 Å². The molecular weight excluding hydrogens is 198 g/mol. The summed E-state index contributed by atoms with van der Waals surface area (Å²) >= 11 is 9.76. The number of nitrogens with two attached hydrogens (primary N) is 2. The zero-order chi connectivity index (χ0) is 7.70. The number of carbonyl (C=O) groups excluding carboxylic acids is 1. The second-order valence-corrected chi connectivity index (χ2v) is 1.84. The number of hydrogen-bond acceptors (Lipinski definition) is 3. The van der Waals surface area contributed by atoms with Crippen LogP contribution in [-0.4, -0.2) is 24.2 Å². The van der Waals surface area contributed by atoms with Crippen molar-refractivity contribution in [1.29, 1.82) is 0 Å². The van der Waals surface area contributed by atoms with Gasteiger partial charge in [-0.3, -0.25) is 4.79 Å². The van der Waals surface area contributed by atoms with Gasteiger partial charge in [-0.25, -0.2) is 0 Å². The molecule has 3 nitrogen and oxygen atoms in total. The molecule has 0 fully saturated rings. The van der Waals surface area contributed by atoms with Gasteiger partial charge in [-0.05, 0) is 11.6 Å². The maximum atomic E-state index is 9.45. The van der Waals surface area contributed by atoms with E-state index in [4.69, 9.17) is 28.9 Å². The lowest BCUT2D eigenvalue weighted by Crippen LogP contribution is -2.05. The van der Waals surface area contributed by atoms with E-state index in [2.05, 4.69) is 5.73 Å². The fraction of sp³-hybridized carbons (Fsp3) is 0.750. The van der Waals surface area contributed by atoms with Crippen molar-refractivity contribution in [3.05, 3.63) is 0 Å². The van der Waals surface area contributed by atoms with Crippen LogP contribution in [0.3, 0.4) is 0 Å². The van der Waals surface area contributed by atoms with E-state index < -0.39 is 5.24 Å². The first-order chi connectivity index (χ1) is 4.18. The van der Waals surface area contributed by atoms with E-state index in [0.29, 0.717) is 12.4 Å². The van der Waals surface area contributed by atoms with Crippen LogP contribution in [-0.2, 0) is 4.79 Å². The van der Waals surface area contributed by atoms with Crippen LogP contribution in [0, 0.1) is 0 Å². The Morgan fingerprint density at radius 3 is 1.60 bits per heavy atom. The summed E-state index contributed by atoms with van der Waals surface area (Å²) in [7, 11) is 0. The van der Waals surface area contributed by atoms with Crippen LogP contribution in [0.4, 0.5) is 0 Å². The summed E-state index contributed by atoms with van der Waals surface area (Å²) < 4.78 is 0. The molecule has 6 heteroatoms. The summed E-state index contributed by atoms with van der Waals surface area (Å²) in [5.41, 5.74) is 9.59. The molecule has 4 N–H and O–H groups in total. The number of rotatable bonds is 2. The van der Waals surface area contributed by atoms with E-state index in [1.165, 1.54) is 0 Å². The molecule has 0 aromatic heterocycles. The predicted octanol–water partition coefficient (Wildman–Crippen LogP) is 0.316. The summed E-state index contributed by atoms with van der Waals surface area (Å²) in [5, 5.41) is -0.495. The van der Waals surface area contributed by atoms with Crippen molar-refractivity contribution in [3.63, 3.8) is 0 Å². The van der Waals surface area contributed by atoms with Crippen LogP contribution in [0.25, 0.3) is 0 Å². The molecule has 0 heterocycles. The van der Waals surface area contributed by atoms with Crippen molar-refractivity contribution in [2.45, 2.75) is 0 Å². The third-order valence-corrected chi connectivity index (χ3v) is 0.642. The Balaban J connectivity index is -0.0000000910. The molecule has 0 saturated heterocycles. The minimum absolute atomic E-state index is 0. The average Bonchev–Trinajstić information content (AvgIpc) is 1.89. The molecule has 0 aliphatic heterocycles. The first kappa shape index (κ1) is 16.8. The van der Waals surface area contributed by atoms with Gasteiger partial charge in [0.1, 0.15) is 0 Å². The molecule has 0 aromatic rings. The van der Waals surface area contributed by atoms with Crippen molar-refractivity contribution in [2.24, 2.45) is 11.5 Å². The van der Waals surface area contributed by atoms with Gasteiger partial charge in [0.25, 0.3) is 0 Å². The van der Waals surface area contributed by atoms with Crippen molar-refractivity contribution >= 4 is 40.9 Å². The van der Waals surface area contributed by atoms with E-state index in [0.717, 1.165) is 0 Å². The SMILES string of the molecule is Cl.NCC(=O)Cl.NCCCl. The molecule has 0 unspecified atom stereocenters. The lowest BCUT2D eigenvalue weighted by atomic mass is 10.8. The maximum absolute atomic E-state index is 9.45. The maximum Gasteiger partial charge on any atom is 0.235 e. The van der Waals surface area contributed by atoms with Crippen LogP contribution in [0.5, 0.6) is 0 Å². The second-order valence-electron chi connectivity index (χ2n) is 1.04. The highest BCUT2D eigenvalue weighted by molar-refractivity contribution is 6.64. The van der Waals surface area contributed by atoms with Gasteiger partial charge in [0, 0.05) is 12.4 Å². The Labute approximate surface area is 76.4 Å². The first-order valence-corrected chi connectivity index (χ1v) is 3.24. The Hall–Kier alpha value is 0.460. The lowest BCUT2D eigenvalue weighted by Gasteiger charge is -1.69. The van der Waals surface area contributed by atoms with E-state index in [1.54, 1.807) is 0 Å². The van der Waals surface area contributed by atoms with E-state index in [1.807, 2.05) is 0 Å². The smallest absolute Gasteiger partial charge is 0.235 e. The first-order valence-electron chi connectivity index (χ1n) is 2.33. The lowest BCUT2D eigenvalue weighted by molar-refractivity contribution is -0.110. The molecule has 0 radical (unpaired) electrons. The number of carbonyl (C=O) groups is 1. The summed E-state index contributed by atoms with van der Waals surface area (Å²) in [6.07, 6.45) is 0. The van der Waals surface area contributed by atoms with Gasteiger partial charge in [0.05, 0.1) is 6.54 Å². The van der Waals surface area contributed by atoms with E-state index in [-0.39, 0.29) is 19.0 Å². The fourth-order valence-electron chi connectivity index (χ4n) is 0. The summed E-state index contributed by atoms with van der Waals surface area (Å²) in [5.74, 6) is 0.569. The average molecular weight is 210 g/mol. The molecule has 0 saturated carbocycles. The topological polar surface area (TPSA) is 69.1 Å². The summed E-state index contributed by atoms with van der Waals surface area (Å²) in [6.45, 7) is 0.517. The minimum atomic E-state index is -0.495. The van der Waals surface area contributed by atoms with Gasteiger partial charge >= 0.3 is 0 Å². The third-order valence-electron chi connectivity index (χ3n) is 0.270. The van der Waals surface area contributed by atoms with Crippen molar-refractivity contribution in [3.8, 4) is 0 Å². The van der Waals surface area contributed by atoms with Crippen LogP contribution in [0.15, 0.2) is 0 Å². The highest BCUT2D eigenvalue weighted by atomic mass is 35.5. The van der Waals surface area contributed by atoms with Gasteiger partial charge in [0.2, 0.25) is 5.24 Å². The molecule has 64 valence electrons. The number of alkyl halides is 1. The highest BCUT2D eigenvalue weighted by Gasteiger charge is 1.81. The van der Waals surface area contributed by atoms with Gasteiger partial charge < -0.3 is 11.5 Å². The molecule has 0 aliphatic rings. The normalized spacial score (nSPS) is 6.80. The van der Waals surface area contributed by atoms with Crippen LogP contribution < -0.4 is 11.5 Å². The Bertz CT molecular complexity index is 69.5. The molecule has 0 bridgehead atoms. The Morgan fingerprint density at radius 1 is 1.40 bits per heavy atom. The Morgan fingerprint density at radius 2 is 1.60 bits per heavy atom. The molecule has 0 atom stereocenters.